The number of hydrogen-bond donors (Lipinski definition) is 0. The number of rotatable bonds is 4. The van der Waals surface area contributed by atoms with Crippen molar-refractivity contribution in [3.8, 4) is 0 Å². The minimum Gasteiger partial charge on any atom is -0.187 e. The third-order valence-corrected chi connectivity index (χ3v) is 10.3. The van der Waals surface area contributed by atoms with Gasteiger partial charge >= 0.3 is 0 Å². The Morgan fingerprint density at radius 3 is 2.26 bits per heavy atom. The molecule has 0 spiro atoms. The number of hydrogen-bond acceptors (Lipinski definition) is 0. The Labute approximate surface area is 277 Å². The van der Waals surface area contributed by atoms with Crippen LogP contribution in [0.3, 0.4) is 0 Å². The second-order valence-corrected chi connectivity index (χ2v) is 14.1. The third kappa shape index (κ3) is 4.71. The topological polar surface area (TPSA) is 0 Å². The van der Waals surface area contributed by atoms with Crippen molar-refractivity contribution in [1.29, 1.82) is 0 Å². The fourth-order valence-corrected chi connectivity index (χ4v) is 7.53. The van der Waals surface area contributed by atoms with Crippen LogP contribution >= 0.6 is 0 Å². The average Bonchev–Trinajstić information content (AvgIpc) is 3.55. The van der Waals surface area contributed by atoms with E-state index < -0.39 is 0 Å². The summed E-state index contributed by atoms with van der Waals surface area (Å²) in [6, 6.07) is 34.3. The predicted molar refractivity (Wildman–Crippen MR) is 180 cm³/mol. The molecule has 0 fully saturated rings. The van der Waals surface area contributed by atoms with Crippen LogP contribution in [0.4, 0.5) is 0 Å². The zero-order valence-electron chi connectivity index (χ0n) is 26.3. The number of allylic oxidation sites excluding steroid dienone is 7. The maximum absolute atomic E-state index is 2.61. The molecule has 0 amide bonds. The summed E-state index contributed by atoms with van der Waals surface area (Å²) in [7, 11) is 0. The van der Waals surface area contributed by atoms with Crippen molar-refractivity contribution in [2.24, 2.45) is 11.3 Å². The molecule has 0 saturated heterocycles. The number of fused-ring (bicyclic) bond motifs is 3. The van der Waals surface area contributed by atoms with Crippen molar-refractivity contribution in [3.63, 3.8) is 0 Å². The molecule has 3 unspecified atom stereocenters. The summed E-state index contributed by atoms with van der Waals surface area (Å²) < 4.78 is 0. The second-order valence-electron chi connectivity index (χ2n) is 14.1. The maximum Gasteiger partial charge on any atom is 0.0168 e. The quantitative estimate of drug-likeness (QED) is 0.196. The molecule has 0 aliphatic heterocycles. The molecule has 0 bridgehead atoms. The van der Waals surface area contributed by atoms with Crippen LogP contribution in [-0.4, -0.2) is 0 Å². The fraction of sp³-hybridized carbons (Fsp3) is 0.262. The molecule has 4 aromatic rings. The number of benzene rings is 4. The van der Waals surface area contributed by atoms with E-state index in [1.165, 1.54) is 55.3 Å². The third-order valence-electron chi connectivity index (χ3n) is 10.3. The van der Waals surface area contributed by atoms with Crippen LogP contribution in [0.25, 0.3) is 22.4 Å². The summed E-state index contributed by atoms with van der Waals surface area (Å²) in [5, 5.41) is 2.62. The van der Waals surface area contributed by atoms with Gasteiger partial charge in [0.05, 0.1) is 0 Å². The fourth-order valence-electron chi connectivity index (χ4n) is 7.53. The second kappa shape index (κ2) is 10.8. The first-order valence-electron chi connectivity index (χ1n) is 15.5. The van der Waals surface area contributed by atoms with Crippen LogP contribution in [0, 0.1) is 17.8 Å². The zero-order valence-corrected chi connectivity index (χ0v) is 28.7. The van der Waals surface area contributed by atoms with Crippen LogP contribution in [0.2, 0.25) is 0 Å². The van der Waals surface area contributed by atoms with E-state index in [1.807, 2.05) is 0 Å². The molecule has 214 valence electrons. The minimum atomic E-state index is -0.366. The van der Waals surface area contributed by atoms with Crippen LogP contribution in [-0.2, 0) is 37.0 Å². The van der Waals surface area contributed by atoms with E-state index in [0.29, 0.717) is 5.92 Å². The minimum absolute atomic E-state index is 0. The SMILES string of the molecule is CC(C)C1(C)C=C2C(=CC=CC2(c2cccc3ccccc23)C2C(c3ccc(C(C)(C)C)cc3)=Cc3ccccc32)[CH-]1.[Zr]. The van der Waals surface area contributed by atoms with Crippen LogP contribution in [0.5, 0.6) is 0 Å². The molecule has 0 N–H and O–H groups in total. The molecule has 0 radical (unpaired) electrons. The molecule has 43 heavy (non-hydrogen) atoms. The van der Waals surface area contributed by atoms with Crippen molar-refractivity contribution in [2.45, 2.75) is 58.3 Å². The summed E-state index contributed by atoms with van der Waals surface area (Å²) in [6.45, 7) is 14.0. The van der Waals surface area contributed by atoms with Gasteiger partial charge in [-0.3, -0.25) is 0 Å². The van der Waals surface area contributed by atoms with E-state index in [4.69, 9.17) is 0 Å². The standard InChI is InChI=1S/C42H41.Zr/c1-28(2)41(6)26-32-16-12-24-42(38(32)27-41,37-19-11-15-29-13-7-9-17-34(29)37)39-35-18-10-8-14-31(35)25-36(39)30-20-22-33(23-21-30)40(3,4)5;/h7-28,39H,1-6H3;/q-1;. The van der Waals surface area contributed by atoms with E-state index >= 15 is 0 Å². The Kier molecular flexibility index (Phi) is 7.50. The largest absolute Gasteiger partial charge is 0.187 e. The van der Waals surface area contributed by atoms with E-state index in [-0.39, 0.29) is 48.4 Å². The van der Waals surface area contributed by atoms with Crippen LogP contribution in [0.1, 0.15) is 75.3 Å². The van der Waals surface area contributed by atoms with Crippen molar-refractivity contribution < 1.29 is 26.2 Å². The summed E-state index contributed by atoms with van der Waals surface area (Å²) in [6.07, 6.45) is 14.8. The van der Waals surface area contributed by atoms with Gasteiger partial charge in [-0.15, -0.1) is 17.7 Å². The first-order valence-corrected chi connectivity index (χ1v) is 15.5. The van der Waals surface area contributed by atoms with E-state index in [0.717, 1.165) is 0 Å². The van der Waals surface area contributed by atoms with E-state index in [9.17, 15) is 0 Å². The molecule has 4 aromatic carbocycles. The molecule has 3 aliphatic rings. The maximum atomic E-state index is 2.61. The Hall–Kier alpha value is -3.15. The molecule has 7 rings (SSSR count). The monoisotopic (exact) mass is 635 g/mol. The molecular formula is C42H41Zr-. The molecule has 1 heteroatoms. The van der Waals surface area contributed by atoms with Crippen molar-refractivity contribution in [1.82, 2.24) is 0 Å². The van der Waals surface area contributed by atoms with Crippen LogP contribution in [0.15, 0.2) is 126 Å². The summed E-state index contributed by atoms with van der Waals surface area (Å²) >= 11 is 0. The van der Waals surface area contributed by atoms with Crippen LogP contribution < -0.4 is 0 Å². The van der Waals surface area contributed by atoms with Gasteiger partial charge < -0.3 is 0 Å². The summed E-state index contributed by atoms with van der Waals surface area (Å²) in [5.41, 5.74) is 10.8. The van der Waals surface area contributed by atoms with Gasteiger partial charge in [-0.1, -0.05) is 145 Å². The van der Waals surface area contributed by atoms with Gasteiger partial charge in [0.15, 0.2) is 0 Å². The summed E-state index contributed by atoms with van der Waals surface area (Å²) in [5.74, 6) is 0.631. The Morgan fingerprint density at radius 2 is 1.51 bits per heavy atom. The predicted octanol–water partition coefficient (Wildman–Crippen LogP) is 11.0. The van der Waals surface area contributed by atoms with Crippen molar-refractivity contribution >= 4 is 22.4 Å². The van der Waals surface area contributed by atoms with Crippen molar-refractivity contribution in [2.75, 3.05) is 0 Å². The zero-order chi connectivity index (χ0) is 29.3. The van der Waals surface area contributed by atoms with Gasteiger partial charge in [-0.05, 0) is 60.9 Å². The Balaban J connectivity index is 0.00000329. The molecule has 0 nitrogen and oxygen atoms in total. The van der Waals surface area contributed by atoms with E-state index in [2.05, 4.69) is 169 Å². The van der Waals surface area contributed by atoms with Gasteiger partial charge in [0.2, 0.25) is 0 Å². The van der Waals surface area contributed by atoms with Gasteiger partial charge in [-0.2, -0.15) is 18.1 Å². The Morgan fingerprint density at radius 1 is 0.814 bits per heavy atom. The van der Waals surface area contributed by atoms with Gasteiger partial charge in [0.1, 0.15) is 0 Å². The van der Waals surface area contributed by atoms with Gasteiger partial charge in [-0.25, -0.2) is 0 Å². The summed E-state index contributed by atoms with van der Waals surface area (Å²) in [4.78, 5) is 0. The van der Waals surface area contributed by atoms with Gasteiger partial charge in [0.25, 0.3) is 0 Å². The Bertz CT molecular complexity index is 1820. The molecule has 3 atom stereocenters. The normalized spacial score (nSPS) is 24.1. The molecule has 3 aliphatic carbocycles. The molecule has 0 aromatic heterocycles. The smallest absolute Gasteiger partial charge is 0.0168 e. The average molecular weight is 637 g/mol. The molecular weight excluding hydrogens is 596 g/mol. The first kappa shape index (κ1) is 29.9. The molecule has 0 heterocycles. The first-order chi connectivity index (χ1) is 20.1. The van der Waals surface area contributed by atoms with E-state index in [1.54, 1.807) is 0 Å². The van der Waals surface area contributed by atoms with Gasteiger partial charge in [0, 0.05) is 37.5 Å². The molecule has 0 saturated carbocycles. The van der Waals surface area contributed by atoms with Crippen molar-refractivity contribution in [3.05, 3.63) is 161 Å².